The van der Waals surface area contributed by atoms with Crippen LogP contribution in [0.4, 0.5) is 21.9 Å². The van der Waals surface area contributed by atoms with E-state index in [1.807, 2.05) is 36.4 Å². The number of para-hydroxylation sites is 1. The van der Waals surface area contributed by atoms with E-state index in [0.29, 0.717) is 35.2 Å². The standard InChI is InChI=1S/C24H24ClN5O4S/c1-35(33,34)29-20-6-3-2-5-19(20)16-8-11-18(12-9-16)30-14-4-7-21(23(30)31)28-24(32)27-17-10-13-22(25)26-15-17/h2-3,5-6,8-13,15,21,29H,4,7,14H2,1H3,(H2,27,28,32)/t21-/m1/s1. The van der Waals surface area contributed by atoms with Crippen LogP contribution in [-0.4, -0.2) is 44.2 Å². The van der Waals surface area contributed by atoms with Crippen LogP contribution in [0.2, 0.25) is 5.15 Å². The van der Waals surface area contributed by atoms with Crippen LogP contribution in [0.1, 0.15) is 12.8 Å². The van der Waals surface area contributed by atoms with E-state index in [0.717, 1.165) is 23.8 Å². The second-order valence-electron chi connectivity index (χ2n) is 8.12. The Bertz CT molecular complexity index is 1330. The van der Waals surface area contributed by atoms with E-state index < -0.39 is 22.1 Å². The predicted octanol–water partition coefficient (Wildman–Crippen LogP) is 4.09. The summed E-state index contributed by atoms with van der Waals surface area (Å²) < 4.78 is 25.9. The number of carbonyl (C=O) groups excluding carboxylic acids is 2. The molecule has 3 N–H and O–H groups in total. The Balaban J connectivity index is 1.45. The summed E-state index contributed by atoms with van der Waals surface area (Å²) in [4.78, 5) is 31.0. The summed E-state index contributed by atoms with van der Waals surface area (Å²) in [6.07, 6.45) is 3.79. The van der Waals surface area contributed by atoms with Crippen LogP contribution in [0.5, 0.6) is 0 Å². The van der Waals surface area contributed by atoms with Gasteiger partial charge in [-0.15, -0.1) is 0 Å². The van der Waals surface area contributed by atoms with Crippen molar-refractivity contribution in [2.24, 2.45) is 0 Å². The van der Waals surface area contributed by atoms with Gasteiger partial charge in [0.25, 0.3) is 0 Å². The number of amides is 3. The third kappa shape index (κ3) is 6.28. The number of nitrogens with zero attached hydrogens (tertiary/aromatic N) is 2. The maximum absolute atomic E-state index is 13.1. The van der Waals surface area contributed by atoms with Crippen LogP contribution >= 0.6 is 11.6 Å². The summed E-state index contributed by atoms with van der Waals surface area (Å²) in [6.45, 7) is 0.533. The highest BCUT2D eigenvalue weighted by atomic mass is 35.5. The van der Waals surface area contributed by atoms with Gasteiger partial charge in [0.2, 0.25) is 15.9 Å². The average Bonchev–Trinajstić information content (AvgIpc) is 2.81. The van der Waals surface area contributed by atoms with Crippen molar-refractivity contribution < 1.29 is 18.0 Å². The molecule has 1 saturated heterocycles. The van der Waals surface area contributed by atoms with Gasteiger partial charge in [-0.05, 0) is 48.7 Å². The molecule has 3 amide bonds. The molecule has 0 aliphatic carbocycles. The van der Waals surface area contributed by atoms with Crippen molar-refractivity contribution >= 4 is 50.6 Å². The lowest BCUT2D eigenvalue weighted by Crippen LogP contribution is -2.53. The molecular weight excluding hydrogens is 490 g/mol. The van der Waals surface area contributed by atoms with Gasteiger partial charge < -0.3 is 15.5 Å². The molecule has 3 aromatic rings. The Labute approximate surface area is 208 Å². The van der Waals surface area contributed by atoms with Crippen molar-refractivity contribution in [3.05, 3.63) is 72.0 Å². The van der Waals surface area contributed by atoms with Crippen molar-refractivity contribution in [1.82, 2.24) is 10.3 Å². The zero-order chi connectivity index (χ0) is 25.0. The number of anilines is 3. The minimum absolute atomic E-state index is 0.201. The molecule has 182 valence electrons. The Morgan fingerprint density at radius 2 is 1.83 bits per heavy atom. The normalized spacial score (nSPS) is 16.0. The molecule has 0 saturated carbocycles. The zero-order valence-electron chi connectivity index (χ0n) is 18.9. The van der Waals surface area contributed by atoms with E-state index >= 15 is 0 Å². The topological polar surface area (TPSA) is 120 Å². The molecule has 11 heteroatoms. The molecular formula is C24H24ClN5O4S. The summed E-state index contributed by atoms with van der Waals surface area (Å²) in [5, 5.41) is 5.69. The Morgan fingerprint density at radius 1 is 1.09 bits per heavy atom. The molecule has 0 spiro atoms. The second-order valence-corrected chi connectivity index (χ2v) is 10.3. The van der Waals surface area contributed by atoms with Gasteiger partial charge in [0, 0.05) is 17.8 Å². The second kappa shape index (κ2) is 10.3. The molecule has 2 heterocycles. The van der Waals surface area contributed by atoms with Gasteiger partial charge in [-0.1, -0.05) is 41.9 Å². The van der Waals surface area contributed by atoms with Gasteiger partial charge in [0.1, 0.15) is 11.2 Å². The molecule has 1 fully saturated rings. The molecule has 2 aromatic carbocycles. The molecule has 4 rings (SSSR count). The lowest BCUT2D eigenvalue weighted by Gasteiger charge is -2.32. The fourth-order valence-electron chi connectivity index (χ4n) is 3.89. The first-order valence-electron chi connectivity index (χ1n) is 10.9. The number of rotatable bonds is 6. The van der Waals surface area contributed by atoms with Gasteiger partial charge in [-0.25, -0.2) is 18.2 Å². The van der Waals surface area contributed by atoms with Gasteiger partial charge >= 0.3 is 6.03 Å². The van der Waals surface area contributed by atoms with Crippen molar-refractivity contribution in [3.63, 3.8) is 0 Å². The van der Waals surface area contributed by atoms with Crippen LogP contribution in [-0.2, 0) is 14.8 Å². The summed E-state index contributed by atoms with van der Waals surface area (Å²) in [7, 11) is -3.43. The number of carbonyl (C=O) groups is 2. The molecule has 0 unspecified atom stereocenters. The van der Waals surface area contributed by atoms with Crippen LogP contribution in [0.15, 0.2) is 66.9 Å². The number of sulfonamides is 1. The summed E-state index contributed by atoms with van der Waals surface area (Å²) >= 11 is 5.76. The molecule has 0 radical (unpaired) electrons. The van der Waals surface area contributed by atoms with E-state index in [9.17, 15) is 18.0 Å². The van der Waals surface area contributed by atoms with Crippen molar-refractivity contribution in [1.29, 1.82) is 0 Å². The van der Waals surface area contributed by atoms with Crippen LogP contribution in [0.25, 0.3) is 11.1 Å². The van der Waals surface area contributed by atoms with Crippen LogP contribution in [0, 0.1) is 0 Å². The molecule has 9 nitrogen and oxygen atoms in total. The highest BCUT2D eigenvalue weighted by molar-refractivity contribution is 7.92. The SMILES string of the molecule is CS(=O)(=O)Nc1ccccc1-c1ccc(N2CCC[C@@H](NC(=O)Nc3ccc(Cl)nc3)C2=O)cc1. The number of nitrogens with one attached hydrogen (secondary N) is 3. The Morgan fingerprint density at radius 3 is 2.51 bits per heavy atom. The Hall–Kier alpha value is -3.63. The van der Waals surface area contributed by atoms with Crippen molar-refractivity contribution in [3.8, 4) is 11.1 Å². The number of pyridine rings is 1. The third-order valence-corrected chi connectivity index (χ3v) is 6.26. The first-order valence-corrected chi connectivity index (χ1v) is 13.1. The van der Waals surface area contributed by atoms with Gasteiger partial charge in [-0.3, -0.25) is 9.52 Å². The van der Waals surface area contributed by atoms with Crippen LogP contribution in [0.3, 0.4) is 0 Å². The fourth-order valence-corrected chi connectivity index (χ4v) is 4.57. The molecule has 1 aromatic heterocycles. The third-order valence-electron chi connectivity index (χ3n) is 5.44. The highest BCUT2D eigenvalue weighted by Gasteiger charge is 2.31. The quantitative estimate of drug-likeness (QED) is 0.429. The Kier molecular flexibility index (Phi) is 7.23. The minimum atomic E-state index is -3.43. The first-order chi connectivity index (χ1) is 16.7. The highest BCUT2D eigenvalue weighted by Crippen LogP contribution is 2.31. The molecule has 35 heavy (non-hydrogen) atoms. The predicted molar refractivity (Wildman–Crippen MR) is 137 cm³/mol. The van der Waals surface area contributed by atoms with E-state index in [-0.39, 0.29) is 5.91 Å². The summed E-state index contributed by atoms with van der Waals surface area (Å²) in [5.74, 6) is -0.201. The van der Waals surface area contributed by atoms with Crippen molar-refractivity contribution in [2.45, 2.75) is 18.9 Å². The van der Waals surface area contributed by atoms with Gasteiger partial charge in [0.15, 0.2) is 0 Å². The number of halogens is 1. The monoisotopic (exact) mass is 513 g/mol. The van der Waals surface area contributed by atoms with Crippen LogP contribution < -0.4 is 20.3 Å². The number of hydrogen-bond acceptors (Lipinski definition) is 5. The average molecular weight is 514 g/mol. The smallest absolute Gasteiger partial charge is 0.319 e. The fraction of sp³-hybridized carbons (Fsp3) is 0.208. The number of urea groups is 1. The largest absolute Gasteiger partial charge is 0.326 e. The van der Waals surface area contributed by atoms with Gasteiger partial charge in [-0.2, -0.15) is 0 Å². The maximum atomic E-state index is 13.1. The lowest BCUT2D eigenvalue weighted by atomic mass is 10.0. The molecule has 1 aliphatic rings. The van der Waals surface area contributed by atoms with E-state index in [2.05, 4.69) is 20.3 Å². The zero-order valence-corrected chi connectivity index (χ0v) is 20.4. The maximum Gasteiger partial charge on any atom is 0.319 e. The molecule has 1 aliphatic heterocycles. The summed E-state index contributed by atoms with van der Waals surface area (Å²) in [5.41, 5.74) is 3.16. The van der Waals surface area contributed by atoms with E-state index in [1.54, 1.807) is 29.2 Å². The van der Waals surface area contributed by atoms with Crippen molar-refractivity contribution in [2.75, 3.05) is 27.7 Å². The lowest BCUT2D eigenvalue weighted by molar-refractivity contribution is -0.121. The first kappa shape index (κ1) is 24.5. The number of aromatic nitrogens is 1. The number of piperidine rings is 1. The number of hydrogen-bond donors (Lipinski definition) is 3. The van der Waals surface area contributed by atoms with E-state index in [4.69, 9.17) is 11.6 Å². The van der Waals surface area contributed by atoms with E-state index in [1.165, 1.54) is 6.20 Å². The number of benzene rings is 2. The minimum Gasteiger partial charge on any atom is -0.326 e. The van der Waals surface area contributed by atoms with Gasteiger partial charge in [0.05, 0.1) is 23.8 Å². The molecule has 0 bridgehead atoms. The summed E-state index contributed by atoms with van der Waals surface area (Å²) in [6, 6.07) is 16.4. The molecule has 1 atom stereocenters.